The second-order valence-corrected chi connectivity index (χ2v) is 34.0. The summed E-state index contributed by atoms with van der Waals surface area (Å²) in [5, 5.41) is 2.75. The van der Waals surface area contributed by atoms with Crippen LogP contribution in [-0.2, 0) is 6.51 Å². The van der Waals surface area contributed by atoms with E-state index in [1.807, 2.05) is 27.9 Å². The first kappa shape index (κ1) is 7.16. The van der Waals surface area contributed by atoms with Gasteiger partial charge in [0.05, 0.1) is 0 Å². The summed E-state index contributed by atoms with van der Waals surface area (Å²) in [6.07, 6.45) is 0. The summed E-state index contributed by atoms with van der Waals surface area (Å²) in [7, 11) is 3.75. The van der Waals surface area contributed by atoms with Crippen molar-refractivity contribution in [2.45, 2.75) is 62.0 Å². The van der Waals surface area contributed by atoms with E-state index in [0.717, 1.165) is 0 Å². The standard InChI is InChI=1S/2C5H5.C2H7N.C2H6.Fe/c2*1-2-4-5-3-1;1-3-2;1-2;/h2*1-5H;3H,1-2H3;1-2H3;. The first-order valence-corrected chi connectivity index (χ1v) is 13.7. The van der Waals surface area contributed by atoms with Crippen molar-refractivity contribution >= 4 is 0 Å². The molecule has 1 N–H and O–H groups in total. The van der Waals surface area contributed by atoms with Crippen LogP contribution in [0, 0.1) is 0 Å². The third-order valence-corrected chi connectivity index (χ3v) is 56.5. The van der Waals surface area contributed by atoms with Gasteiger partial charge in [-0.1, -0.05) is 13.8 Å². The summed E-state index contributed by atoms with van der Waals surface area (Å²) < 4.78 is 0. The Labute approximate surface area is 88.0 Å². The summed E-state index contributed by atoms with van der Waals surface area (Å²) >= 11 is 0. The number of nitrogens with one attached hydrogen (secondary N) is 1. The quantitative estimate of drug-likeness (QED) is 0.643. The number of fused-ring (bicyclic) bond motifs is 10. The van der Waals surface area contributed by atoms with E-state index in [4.69, 9.17) is 0 Å². The van der Waals surface area contributed by atoms with E-state index >= 15 is 0 Å². The molecule has 10 saturated heterocycles. The minimum absolute atomic E-state index is 1.59. The average Bonchev–Trinajstić information content (AvgIpc) is 3.26. The maximum absolute atomic E-state index is 2.75. The van der Waals surface area contributed by atoms with Crippen LogP contribution in [0.4, 0.5) is 0 Å². The summed E-state index contributed by atoms with van der Waals surface area (Å²) in [6, 6.07) is 0. The van der Waals surface area contributed by atoms with E-state index in [-0.39, 0.29) is 0 Å². The molecule has 10 aliphatic heterocycles. The fourth-order valence-corrected chi connectivity index (χ4v) is 88.0. The molecule has 0 unspecified atom stereocenters. The predicted octanol–water partition coefficient (Wildman–Crippen LogP) is 4.24. The Balaban J connectivity index is 0.000000108. The van der Waals surface area contributed by atoms with Crippen LogP contribution >= 0.6 is 0 Å². The fourth-order valence-electron chi connectivity index (χ4n) is 15.8. The predicted molar refractivity (Wildman–Crippen MR) is 63.8 cm³/mol. The van der Waals surface area contributed by atoms with Crippen LogP contribution in [-0.4, -0.2) is 14.1 Å². The summed E-state index contributed by atoms with van der Waals surface area (Å²) in [5.74, 6) is 0. The van der Waals surface area contributed by atoms with Crippen LogP contribution in [0.5, 0.6) is 0 Å². The molecule has 1 spiro atoms. The van der Waals surface area contributed by atoms with Crippen LogP contribution in [0.3, 0.4) is 0 Å². The zero-order valence-electron chi connectivity index (χ0n) is 10.6. The molecule has 0 aromatic heterocycles. The van der Waals surface area contributed by atoms with E-state index < -0.39 is 6.51 Å². The molecule has 10 rings (SSSR count). The molecule has 10 fully saturated rings. The fraction of sp³-hybridized carbons (Fsp3) is 1.00. The Morgan fingerprint density at radius 3 is 0.688 bits per heavy atom. The Morgan fingerprint density at radius 1 is 0.562 bits per heavy atom. The Hall–Kier alpha value is 0.479. The zero-order chi connectivity index (χ0) is 10.8. The van der Waals surface area contributed by atoms with Gasteiger partial charge in [-0.25, -0.2) is 0 Å². The van der Waals surface area contributed by atoms with Gasteiger partial charge in [0.15, 0.2) is 0 Å². The van der Waals surface area contributed by atoms with E-state index in [0.29, 0.717) is 0 Å². The molecule has 0 radical (unpaired) electrons. The van der Waals surface area contributed by atoms with Gasteiger partial charge in [-0.05, 0) is 14.1 Å². The molecule has 0 aliphatic carbocycles. The van der Waals surface area contributed by atoms with Gasteiger partial charge in [0, 0.05) is 0 Å². The third kappa shape index (κ3) is 0.0655. The molecule has 0 atom stereocenters. The average molecular weight is 261 g/mol. The minimum atomic E-state index is -2.28. The third-order valence-electron chi connectivity index (χ3n) is 14.5. The molecular weight excluding hydrogens is 238 g/mol. The molecule has 2 heteroatoms. The van der Waals surface area contributed by atoms with Gasteiger partial charge >= 0.3 is 54.7 Å². The molecule has 0 amide bonds. The number of hydrogen-bond acceptors (Lipinski definition) is 1. The van der Waals surface area contributed by atoms with Crippen LogP contribution in [0.25, 0.3) is 0 Å². The second-order valence-electron chi connectivity index (χ2n) is 10.1. The van der Waals surface area contributed by atoms with Crippen molar-refractivity contribution in [3.8, 4) is 0 Å². The first-order valence-electron chi connectivity index (χ1n) is 7.37. The SMILES string of the molecule is CC.CNC.[CH]12[CH]3[CH]4[CH]5[CH]1[Fe]23451678[CH]2[CH]1[CH]6[CH]7[CH]28. The molecule has 10 heterocycles. The normalized spacial score (nSPS) is 119. The molecule has 10 aliphatic rings. The molecule has 0 bridgehead atoms. The van der Waals surface area contributed by atoms with Crippen molar-refractivity contribution in [3.05, 3.63) is 0 Å². The Morgan fingerprint density at radius 2 is 0.688 bits per heavy atom. The van der Waals surface area contributed by atoms with Crippen molar-refractivity contribution in [2.75, 3.05) is 14.1 Å². The van der Waals surface area contributed by atoms with Crippen LogP contribution in [0.1, 0.15) is 13.8 Å². The first-order chi connectivity index (χ1) is 7.57. The summed E-state index contributed by atoms with van der Waals surface area (Å²) in [4.78, 5) is 15.9. The second kappa shape index (κ2) is 0.555. The monoisotopic (exact) mass is 261 g/mol. The Bertz CT molecular complexity index is 594. The molecule has 16 heavy (non-hydrogen) atoms. The van der Waals surface area contributed by atoms with Gasteiger partial charge in [0.1, 0.15) is 0 Å². The Kier molecular flexibility index (Phi) is 0.248. The van der Waals surface area contributed by atoms with Crippen molar-refractivity contribution in [2.24, 2.45) is 0 Å². The summed E-state index contributed by atoms with van der Waals surface area (Å²) in [6.45, 7) is 1.72. The van der Waals surface area contributed by atoms with Crippen LogP contribution in [0.2, 0.25) is 48.2 Å². The number of hydrogen-bond donors (Lipinski definition) is 1. The van der Waals surface area contributed by atoms with E-state index in [1.165, 1.54) is 0 Å². The molecule has 1 nitrogen and oxygen atoms in total. The van der Waals surface area contributed by atoms with Crippen LogP contribution < -0.4 is 5.32 Å². The van der Waals surface area contributed by atoms with E-state index in [9.17, 15) is 0 Å². The molecular formula is C14H23FeN. The topological polar surface area (TPSA) is 12.0 Å². The van der Waals surface area contributed by atoms with Crippen LogP contribution in [0.15, 0.2) is 0 Å². The molecule has 0 aromatic carbocycles. The van der Waals surface area contributed by atoms with E-state index in [2.05, 4.69) is 5.32 Å². The van der Waals surface area contributed by atoms with Gasteiger partial charge in [-0.2, -0.15) is 0 Å². The van der Waals surface area contributed by atoms with Gasteiger partial charge < -0.3 is 5.32 Å². The van der Waals surface area contributed by atoms with Gasteiger partial charge in [0.2, 0.25) is 0 Å². The molecule has 92 valence electrons. The van der Waals surface area contributed by atoms with Crippen molar-refractivity contribution in [3.63, 3.8) is 0 Å². The van der Waals surface area contributed by atoms with Crippen molar-refractivity contribution < 1.29 is 6.51 Å². The van der Waals surface area contributed by atoms with Crippen molar-refractivity contribution in [1.82, 2.24) is 5.32 Å². The zero-order valence-corrected chi connectivity index (χ0v) is 11.7. The van der Waals surface area contributed by atoms with Gasteiger partial charge in [0.25, 0.3) is 0 Å². The van der Waals surface area contributed by atoms with Gasteiger partial charge in [-0.15, -0.1) is 0 Å². The van der Waals surface area contributed by atoms with E-state index in [1.54, 1.807) is 48.2 Å². The summed E-state index contributed by atoms with van der Waals surface area (Å²) in [5.41, 5.74) is 0. The molecule has 0 saturated carbocycles. The van der Waals surface area contributed by atoms with Crippen molar-refractivity contribution in [1.29, 1.82) is 0 Å². The number of rotatable bonds is 0. The van der Waals surface area contributed by atoms with Gasteiger partial charge in [-0.3, -0.25) is 0 Å². The maximum atomic E-state index is 2.75. The molecule has 0 aromatic rings.